The number of amides is 2. The van der Waals surface area contributed by atoms with E-state index in [4.69, 9.17) is 0 Å². The van der Waals surface area contributed by atoms with Crippen molar-refractivity contribution < 1.29 is 9.59 Å². The van der Waals surface area contributed by atoms with E-state index in [-0.39, 0.29) is 18.1 Å². The van der Waals surface area contributed by atoms with E-state index in [1.807, 2.05) is 20.8 Å². The zero-order chi connectivity index (χ0) is 15.7. The summed E-state index contributed by atoms with van der Waals surface area (Å²) in [6.07, 6.45) is 3.87. The Bertz CT molecular complexity index is 459. The number of nitrogens with zero attached hydrogens (tertiary/aromatic N) is 2. The largest absolute Gasteiger partial charge is 0.369 e. The second-order valence-electron chi connectivity index (χ2n) is 5.09. The van der Waals surface area contributed by atoms with Gasteiger partial charge in [0.15, 0.2) is 0 Å². The molecule has 1 rings (SSSR count). The molecule has 2 amide bonds. The molecule has 0 spiro atoms. The highest BCUT2D eigenvalue weighted by Gasteiger charge is 2.10. The summed E-state index contributed by atoms with van der Waals surface area (Å²) in [6.45, 7) is 7.38. The van der Waals surface area contributed by atoms with E-state index in [2.05, 4.69) is 25.9 Å². The van der Waals surface area contributed by atoms with Crippen LogP contribution in [0.5, 0.6) is 0 Å². The maximum atomic E-state index is 11.8. The van der Waals surface area contributed by atoms with E-state index < -0.39 is 5.91 Å². The van der Waals surface area contributed by atoms with Gasteiger partial charge in [-0.25, -0.2) is 9.97 Å². The third kappa shape index (κ3) is 6.69. The molecule has 21 heavy (non-hydrogen) atoms. The summed E-state index contributed by atoms with van der Waals surface area (Å²) in [7, 11) is 0. The highest BCUT2D eigenvalue weighted by atomic mass is 16.2. The molecular formula is C14H23N5O2. The van der Waals surface area contributed by atoms with E-state index in [0.717, 1.165) is 13.0 Å². The van der Waals surface area contributed by atoms with Crippen LogP contribution >= 0.6 is 0 Å². The molecule has 0 aliphatic carbocycles. The minimum absolute atomic E-state index is 0.0664. The lowest BCUT2D eigenvalue weighted by Gasteiger charge is -2.08. The quantitative estimate of drug-likeness (QED) is 0.659. The van der Waals surface area contributed by atoms with Crippen molar-refractivity contribution in [1.29, 1.82) is 0 Å². The highest BCUT2D eigenvalue weighted by Crippen LogP contribution is 2.00. The Morgan fingerprint density at radius 3 is 2.52 bits per heavy atom. The molecular weight excluding hydrogens is 270 g/mol. The molecule has 0 saturated carbocycles. The molecule has 116 valence electrons. The fourth-order valence-electron chi connectivity index (χ4n) is 1.42. The second kappa shape index (κ2) is 8.89. The molecule has 1 aromatic heterocycles. The molecule has 3 N–H and O–H groups in total. The number of carbonyl (C=O) groups excluding carboxylic acids is 2. The van der Waals surface area contributed by atoms with Crippen LogP contribution in [0.15, 0.2) is 12.4 Å². The zero-order valence-corrected chi connectivity index (χ0v) is 12.8. The van der Waals surface area contributed by atoms with Gasteiger partial charge in [-0.3, -0.25) is 9.59 Å². The number of nitrogens with one attached hydrogen (secondary N) is 3. The van der Waals surface area contributed by atoms with Crippen molar-refractivity contribution in [3.63, 3.8) is 0 Å². The standard InChI is InChI=1S/C14H23N5O2/c1-4-5-15-12-8-16-11(7-17-12)14(21)19-9-13(20)18-6-10(2)3/h7-8,10H,4-6,9H2,1-3H3,(H,15,17)(H,18,20)(H,19,21). The molecule has 0 aliphatic rings. The predicted molar refractivity (Wildman–Crippen MR) is 81.0 cm³/mol. The maximum absolute atomic E-state index is 11.8. The normalized spacial score (nSPS) is 10.3. The minimum atomic E-state index is -0.413. The van der Waals surface area contributed by atoms with Gasteiger partial charge in [-0.2, -0.15) is 0 Å². The fourth-order valence-corrected chi connectivity index (χ4v) is 1.42. The lowest BCUT2D eigenvalue weighted by molar-refractivity contribution is -0.120. The van der Waals surface area contributed by atoms with Crippen molar-refractivity contribution in [1.82, 2.24) is 20.6 Å². The van der Waals surface area contributed by atoms with Gasteiger partial charge < -0.3 is 16.0 Å². The topological polar surface area (TPSA) is 96.0 Å². The summed E-state index contributed by atoms with van der Waals surface area (Å²) >= 11 is 0. The number of aromatic nitrogens is 2. The smallest absolute Gasteiger partial charge is 0.271 e. The van der Waals surface area contributed by atoms with Crippen LogP contribution in [-0.2, 0) is 4.79 Å². The summed E-state index contributed by atoms with van der Waals surface area (Å²) in [4.78, 5) is 31.4. The molecule has 1 heterocycles. The van der Waals surface area contributed by atoms with Crippen LogP contribution in [0.1, 0.15) is 37.7 Å². The third-order valence-electron chi connectivity index (χ3n) is 2.56. The molecule has 1 aromatic rings. The Balaban J connectivity index is 2.39. The molecule has 0 unspecified atom stereocenters. The first-order valence-corrected chi connectivity index (χ1v) is 7.13. The number of anilines is 1. The SMILES string of the molecule is CCCNc1cnc(C(=O)NCC(=O)NCC(C)C)cn1. The summed E-state index contributed by atoms with van der Waals surface area (Å²) in [5.74, 6) is 0.372. The molecule has 0 fully saturated rings. The van der Waals surface area contributed by atoms with Crippen molar-refractivity contribution in [3.05, 3.63) is 18.1 Å². The van der Waals surface area contributed by atoms with Gasteiger partial charge in [0.2, 0.25) is 5.91 Å². The zero-order valence-electron chi connectivity index (χ0n) is 12.8. The van der Waals surface area contributed by atoms with Gasteiger partial charge >= 0.3 is 0 Å². The average Bonchev–Trinajstić information content (AvgIpc) is 2.49. The summed E-state index contributed by atoms with van der Waals surface area (Å²) in [5, 5.41) is 8.30. The first-order valence-electron chi connectivity index (χ1n) is 7.13. The molecule has 0 bridgehead atoms. The predicted octanol–water partition coefficient (Wildman–Crippen LogP) is 0.800. The number of rotatable bonds is 8. The fraction of sp³-hybridized carbons (Fsp3) is 0.571. The maximum Gasteiger partial charge on any atom is 0.271 e. The van der Waals surface area contributed by atoms with Gasteiger partial charge in [-0.05, 0) is 12.3 Å². The van der Waals surface area contributed by atoms with Crippen LogP contribution in [0.3, 0.4) is 0 Å². The van der Waals surface area contributed by atoms with Gasteiger partial charge in [0, 0.05) is 13.1 Å². The molecule has 7 heteroatoms. The number of carbonyl (C=O) groups is 2. The average molecular weight is 293 g/mol. The van der Waals surface area contributed by atoms with Crippen molar-refractivity contribution in [3.8, 4) is 0 Å². The Hall–Kier alpha value is -2.18. The van der Waals surface area contributed by atoms with Crippen LogP contribution in [0.25, 0.3) is 0 Å². The van der Waals surface area contributed by atoms with Gasteiger partial charge in [-0.15, -0.1) is 0 Å². The van der Waals surface area contributed by atoms with Crippen LogP contribution in [0.4, 0.5) is 5.82 Å². The van der Waals surface area contributed by atoms with Gasteiger partial charge in [-0.1, -0.05) is 20.8 Å². The number of hydrogen-bond donors (Lipinski definition) is 3. The van der Waals surface area contributed by atoms with Crippen molar-refractivity contribution >= 4 is 17.6 Å². The van der Waals surface area contributed by atoms with E-state index >= 15 is 0 Å². The second-order valence-corrected chi connectivity index (χ2v) is 5.09. The van der Waals surface area contributed by atoms with Crippen LogP contribution < -0.4 is 16.0 Å². The first-order chi connectivity index (χ1) is 10.0. The Morgan fingerprint density at radius 2 is 1.95 bits per heavy atom. The lowest BCUT2D eigenvalue weighted by atomic mass is 10.2. The van der Waals surface area contributed by atoms with E-state index in [1.165, 1.54) is 12.4 Å². The van der Waals surface area contributed by atoms with Gasteiger partial charge in [0.05, 0.1) is 18.9 Å². The van der Waals surface area contributed by atoms with Gasteiger partial charge in [0.25, 0.3) is 5.91 Å². The molecule has 0 saturated heterocycles. The van der Waals surface area contributed by atoms with Crippen molar-refractivity contribution in [2.45, 2.75) is 27.2 Å². The first kappa shape index (κ1) is 16.9. The summed E-state index contributed by atoms with van der Waals surface area (Å²) in [5.41, 5.74) is 0.189. The summed E-state index contributed by atoms with van der Waals surface area (Å²) in [6, 6.07) is 0. The Labute approximate surface area is 124 Å². The van der Waals surface area contributed by atoms with E-state index in [9.17, 15) is 9.59 Å². The van der Waals surface area contributed by atoms with E-state index in [0.29, 0.717) is 18.3 Å². The molecule has 0 aliphatic heterocycles. The molecule has 0 atom stereocenters. The molecule has 7 nitrogen and oxygen atoms in total. The minimum Gasteiger partial charge on any atom is -0.369 e. The Morgan fingerprint density at radius 1 is 1.19 bits per heavy atom. The third-order valence-corrected chi connectivity index (χ3v) is 2.56. The lowest BCUT2D eigenvalue weighted by Crippen LogP contribution is -2.38. The summed E-state index contributed by atoms with van der Waals surface area (Å²) < 4.78 is 0. The van der Waals surface area contributed by atoms with Crippen LogP contribution in [-0.4, -0.2) is 41.4 Å². The number of hydrogen-bond acceptors (Lipinski definition) is 5. The van der Waals surface area contributed by atoms with Crippen LogP contribution in [0, 0.1) is 5.92 Å². The highest BCUT2D eigenvalue weighted by molar-refractivity contribution is 5.94. The monoisotopic (exact) mass is 293 g/mol. The molecule has 0 aromatic carbocycles. The van der Waals surface area contributed by atoms with Crippen molar-refractivity contribution in [2.24, 2.45) is 5.92 Å². The van der Waals surface area contributed by atoms with Crippen molar-refractivity contribution in [2.75, 3.05) is 25.0 Å². The molecule has 0 radical (unpaired) electrons. The van der Waals surface area contributed by atoms with Crippen LogP contribution in [0.2, 0.25) is 0 Å². The Kier molecular flexibility index (Phi) is 7.14. The van der Waals surface area contributed by atoms with E-state index in [1.54, 1.807) is 0 Å². The van der Waals surface area contributed by atoms with Gasteiger partial charge in [0.1, 0.15) is 11.5 Å².